The van der Waals surface area contributed by atoms with Crippen LogP contribution in [0.2, 0.25) is 0 Å². The molecule has 0 bridgehead atoms. The van der Waals surface area contributed by atoms with Crippen molar-refractivity contribution in [1.82, 2.24) is 24.0 Å². The fraction of sp³-hybridized carbons (Fsp3) is 0.529. The Morgan fingerprint density at radius 1 is 1.15 bits per heavy atom. The third kappa shape index (κ3) is 3.41. The number of aromatic nitrogens is 4. The molecule has 144 valence electrons. The molecule has 1 saturated carbocycles. The minimum absolute atomic E-state index is 0.145. The lowest BCUT2D eigenvalue weighted by atomic mass is 10.3. The summed E-state index contributed by atoms with van der Waals surface area (Å²) in [6.07, 6.45) is 1.86. The molecule has 1 aliphatic carbocycles. The summed E-state index contributed by atoms with van der Waals surface area (Å²) in [5.74, 6) is -0.00458. The maximum absolute atomic E-state index is 12.8. The number of thioether (sulfide) groups is 1. The largest absolute Gasteiger partial charge is 0.347 e. The highest BCUT2D eigenvalue weighted by Gasteiger charge is 2.32. The molecule has 0 saturated heterocycles. The molecule has 0 unspecified atom stereocenters. The normalized spacial score (nSPS) is 15.0. The number of ketones is 1. The van der Waals surface area contributed by atoms with Gasteiger partial charge in [-0.05, 0) is 19.8 Å². The first-order valence-corrected chi connectivity index (χ1v) is 9.37. The number of Topliss-reactive ketones (excluding diaryl/α,β-unsaturated/α-hetero) is 1. The predicted molar refractivity (Wildman–Crippen MR) is 101 cm³/mol. The molecule has 0 N–H and O–H groups in total. The highest BCUT2D eigenvalue weighted by molar-refractivity contribution is 8.01. The van der Waals surface area contributed by atoms with Crippen molar-refractivity contribution < 1.29 is 9.59 Å². The first-order valence-electron chi connectivity index (χ1n) is 8.49. The van der Waals surface area contributed by atoms with Crippen LogP contribution < -0.4 is 11.2 Å². The van der Waals surface area contributed by atoms with E-state index in [1.54, 1.807) is 14.1 Å². The van der Waals surface area contributed by atoms with Gasteiger partial charge < -0.3 is 4.90 Å². The van der Waals surface area contributed by atoms with Crippen molar-refractivity contribution in [2.45, 2.75) is 36.0 Å². The quantitative estimate of drug-likeness (QED) is 0.402. The maximum atomic E-state index is 12.8. The van der Waals surface area contributed by atoms with Crippen LogP contribution >= 0.6 is 11.8 Å². The number of amides is 1. The molecule has 1 fully saturated rings. The summed E-state index contributed by atoms with van der Waals surface area (Å²) < 4.78 is 2.27. The van der Waals surface area contributed by atoms with E-state index in [9.17, 15) is 19.2 Å². The van der Waals surface area contributed by atoms with Gasteiger partial charge in [-0.1, -0.05) is 11.8 Å². The van der Waals surface area contributed by atoms with E-state index in [0.29, 0.717) is 5.82 Å². The van der Waals surface area contributed by atoms with Gasteiger partial charge in [-0.15, -0.1) is 0 Å². The van der Waals surface area contributed by atoms with Gasteiger partial charge in [-0.25, -0.2) is 14.8 Å². The van der Waals surface area contributed by atoms with Crippen LogP contribution in [0.1, 0.15) is 31.5 Å². The molecule has 2 aromatic heterocycles. The van der Waals surface area contributed by atoms with Gasteiger partial charge in [-0.3, -0.25) is 23.5 Å². The Kier molecular flexibility index (Phi) is 4.94. The average Bonchev–Trinajstić information content (AvgIpc) is 3.46. The van der Waals surface area contributed by atoms with Gasteiger partial charge in [-0.2, -0.15) is 0 Å². The summed E-state index contributed by atoms with van der Waals surface area (Å²) in [7, 11) is 6.04. The molecule has 0 aromatic carbocycles. The second kappa shape index (κ2) is 6.91. The summed E-state index contributed by atoms with van der Waals surface area (Å²) in [6.45, 7) is 1.33. The van der Waals surface area contributed by atoms with Crippen LogP contribution in [0, 0.1) is 0 Å². The zero-order valence-corrected chi connectivity index (χ0v) is 16.7. The van der Waals surface area contributed by atoms with Crippen LogP contribution in [0.5, 0.6) is 0 Å². The Balaban J connectivity index is 2.27. The molecule has 10 heteroatoms. The number of rotatable bonds is 5. The lowest BCUT2D eigenvalue weighted by Crippen LogP contribution is -2.38. The third-order valence-electron chi connectivity index (χ3n) is 4.49. The molecule has 1 atom stereocenters. The predicted octanol–water partition coefficient (Wildman–Crippen LogP) is 0.0425. The van der Waals surface area contributed by atoms with Gasteiger partial charge in [0.25, 0.3) is 5.56 Å². The SMILES string of the molecule is CC(=O)[C@H](Sc1nc(C2CC2)nc2c1c(=O)n(C)c(=O)n2C)C(=O)N(C)C. The van der Waals surface area contributed by atoms with Crippen LogP contribution in [0.4, 0.5) is 0 Å². The lowest BCUT2D eigenvalue weighted by Gasteiger charge is -2.18. The first kappa shape index (κ1) is 19.3. The van der Waals surface area contributed by atoms with E-state index in [1.807, 2.05) is 0 Å². The molecule has 0 spiro atoms. The standard InChI is InChI=1S/C17H21N5O4S/c1-8(23)11(16(25)20(2)3)27-14-10-13(18-12(19-14)9-6-7-9)21(4)17(26)22(5)15(10)24/h9,11H,6-7H2,1-5H3/t11-/m0/s1. The number of carbonyl (C=O) groups excluding carboxylic acids is 2. The number of aryl methyl sites for hydroxylation is 1. The van der Waals surface area contributed by atoms with E-state index < -0.39 is 16.5 Å². The number of hydrogen-bond donors (Lipinski definition) is 0. The van der Waals surface area contributed by atoms with E-state index in [1.165, 1.54) is 30.5 Å². The lowest BCUT2D eigenvalue weighted by molar-refractivity contribution is -0.132. The van der Waals surface area contributed by atoms with Crippen LogP contribution in [0.3, 0.4) is 0 Å². The van der Waals surface area contributed by atoms with Gasteiger partial charge in [0.2, 0.25) is 5.91 Å². The minimum Gasteiger partial charge on any atom is -0.347 e. The maximum Gasteiger partial charge on any atom is 0.332 e. The summed E-state index contributed by atoms with van der Waals surface area (Å²) in [5.41, 5.74) is -0.809. The molecule has 2 aromatic rings. The van der Waals surface area contributed by atoms with Crippen LogP contribution in [0.25, 0.3) is 11.0 Å². The number of hydrogen-bond acceptors (Lipinski definition) is 7. The Morgan fingerprint density at radius 2 is 1.78 bits per heavy atom. The molecule has 1 aliphatic rings. The second-order valence-corrected chi connectivity index (χ2v) is 8.00. The first-order chi connectivity index (χ1) is 12.6. The van der Waals surface area contributed by atoms with E-state index in [-0.39, 0.29) is 33.7 Å². The summed E-state index contributed by atoms with van der Waals surface area (Å²) >= 11 is 0.939. The van der Waals surface area contributed by atoms with Gasteiger partial charge in [0.05, 0.1) is 0 Å². The summed E-state index contributed by atoms with van der Waals surface area (Å²) in [6, 6.07) is 0. The third-order valence-corrected chi connectivity index (χ3v) is 5.78. The number of fused-ring (bicyclic) bond motifs is 1. The second-order valence-electron chi connectivity index (χ2n) is 6.91. The Bertz CT molecular complexity index is 1070. The fourth-order valence-electron chi connectivity index (χ4n) is 2.71. The molecular weight excluding hydrogens is 370 g/mol. The average molecular weight is 391 g/mol. The highest BCUT2D eigenvalue weighted by atomic mass is 32.2. The molecule has 27 heavy (non-hydrogen) atoms. The van der Waals surface area contributed by atoms with E-state index >= 15 is 0 Å². The van der Waals surface area contributed by atoms with Gasteiger partial charge in [0.15, 0.2) is 11.4 Å². The van der Waals surface area contributed by atoms with E-state index in [2.05, 4.69) is 9.97 Å². The van der Waals surface area contributed by atoms with Crippen molar-refractivity contribution in [2.24, 2.45) is 14.1 Å². The minimum atomic E-state index is -1.02. The van der Waals surface area contributed by atoms with Crippen molar-refractivity contribution in [1.29, 1.82) is 0 Å². The molecule has 1 amide bonds. The summed E-state index contributed by atoms with van der Waals surface area (Å²) in [4.78, 5) is 59.8. The smallest absolute Gasteiger partial charge is 0.332 e. The van der Waals surface area contributed by atoms with Crippen molar-refractivity contribution in [2.75, 3.05) is 14.1 Å². The Hall–Kier alpha value is -2.49. The monoisotopic (exact) mass is 391 g/mol. The molecule has 0 aliphatic heterocycles. The Labute approximate surface area is 159 Å². The van der Waals surface area contributed by atoms with Crippen molar-refractivity contribution in [3.05, 3.63) is 26.7 Å². The molecule has 3 rings (SSSR count). The van der Waals surface area contributed by atoms with Gasteiger partial charge in [0, 0.05) is 34.1 Å². The van der Waals surface area contributed by atoms with E-state index in [0.717, 1.165) is 29.2 Å². The van der Waals surface area contributed by atoms with Crippen LogP contribution in [-0.4, -0.2) is 55.0 Å². The fourth-order valence-corrected chi connectivity index (χ4v) is 3.85. The van der Waals surface area contributed by atoms with Crippen molar-refractivity contribution in [3.8, 4) is 0 Å². The van der Waals surface area contributed by atoms with Crippen molar-refractivity contribution >= 4 is 34.5 Å². The molecular formula is C17H21N5O4S. The number of carbonyl (C=O) groups is 2. The van der Waals surface area contributed by atoms with E-state index in [4.69, 9.17) is 0 Å². The number of nitrogens with zero attached hydrogens (tertiary/aromatic N) is 5. The molecule has 9 nitrogen and oxygen atoms in total. The van der Waals surface area contributed by atoms with Crippen LogP contribution in [0.15, 0.2) is 14.6 Å². The topological polar surface area (TPSA) is 107 Å². The summed E-state index contributed by atoms with van der Waals surface area (Å²) in [5, 5.41) is -0.618. The molecule has 2 heterocycles. The zero-order chi connectivity index (χ0) is 20.0. The zero-order valence-electron chi connectivity index (χ0n) is 15.8. The van der Waals surface area contributed by atoms with Crippen LogP contribution in [-0.2, 0) is 23.7 Å². The molecule has 0 radical (unpaired) electrons. The van der Waals surface area contributed by atoms with Gasteiger partial charge >= 0.3 is 5.69 Å². The highest BCUT2D eigenvalue weighted by Crippen LogP contribution is 2.39. The van der Waals surface area contributed by atoms with Gasteiger partial charge in [0.1, 0.15) is 21.5 Å². The Morgan fingerprint density at radius 3 is 2.30 bits per heavy atom. The van der Waals surface area contributed by atoms with Crippen molar-refractivity contribution in [3.63, 3.8) is 0 Å².